The van der Waals surface area contributed by atoms with Crippen molar-refractivity contribution in [3.05, 3.63) is 237 Å². The highest BCUT2D eigenvalue weighted by Gasteiger charge is 2.26. The number of anilines is 3. The Bertz CT molecular complexity index is 4470. The molecule has 67 heavy (non-hydrogen) atoms. The molecule has 0 spiro atoms. The van der Waals surface area contributed by atoms with Crippen LogP contribution in [0.15, 0.2) is 237 Å². The fraction of sp³-hybridized carbons (Fsp3) is 0. The summed E-state index contributed by atoms with van der Waals surface area (Å²) in [4.78, 5) is 2.55. The van der Waals surface area contributed by atoms with Crippen molar-refractivity contribution in [1.82, 2.24) is 9.13 Å². The van der Waals surface area contributed by atoms with E-state index < -0.39 is 0 Å². The lowest BCUT2D eigenvalue weighted by Crippen LogP contribution is -2.11. The van der Waals surface area contributed by atoms with Gasteiger partial charge >= 0.3 is 0 Å². The average Bonchev–Trinajstić information content (AvgIpc) is 3.92. The van der Waals surface area contributed by atoms with Crippen LogP contribution in [0.3, 0.4) is 0 Å². The lowest BCUT2D eigenvalue weighted by atomic mass is 9.92. The first-order valence-corrected chi connectivity index (χ1v) is 23.2. The van der Waals surface area contributed by atoms with Crippen LogP contribution in [0.2, 0.25) is 0 Å². The van der Waals surface area contributed by atoms with E-state index in [0.717, 1.165) is 34.0 Å². The molecule has 0 aliphatic heterocycles. The molecular formula is C64H39N3. The molecule has 0 radical (unpaired) electrons. The molecule has 310 valence electrons. The molecular weight excluding hydrogens is 811 g/mol. The Kier molecular flexibility index (Phi) is 7.50. The van der Waals surface area contributed by atoms with Crippen LogP contribution in [-0.4, -0.2) is 9.13 Å². The molecule has 0 aliphatic rings. The quantitative estimate of drug-likeness (QED) is 0.157. The van der Waals surface area contributed by atoms with Gasteiger partial charge in [-0.15, -0.1) is 0 Å². The predicted octanol–water partition coefficient (Wildman–Crippen LogP) is 17.7. The third kappa shape index (κ3) is 5.06. The first-order valence-electron chi connectivity index (χ1n) is 23.2. The van der Waals surface area contributed by atoms with Crippen LogP contribution in [-0.2, 0) is 0 Å². The van der Waals surface area contributed by atoms with Crippen molar-refractivity contribution in [2.24, 2.45) is 0 Å². The molecule has 0 atom stereocenters. The Morgan fingerprint density at radius 3 is 1.46 bits per heavy atom. The number of benzene rings is 13. The Morgan fingerprint density at radius 2 is 0.746 bits per heavy atom. The van der Waals surface area contributed by atoms with Gasteiger partial charge in [-0.1, -0.05) is 170 Å². The van der Waals surface area contributed by atoms with E-state index in [2.05, 4.69) is 251 Å². The molecule has 3 heteroatoms. The van der Waals surface area contributed by atoms with Gasteiger partial charge in [-0.3, -0.25) is 0 Å². The molecule has 0 aliphatic carbocycles. The van der Waals surface area contributed by atoms with Crippen molar-refractivity contribution in [3.63, 3.8) is 0 Å². The summed E-state index contributed by atoms with van der Waals surface area (Å²) in [5, 5.41) is 20.0. The molecule has 2 aromatic heterocycles. The van der Waals surface area contributed by atoms with Crippen LogP contribution in [0.5, 0.6) is 0 Å². The maximum Gasteiger partial charge on any atom is 0.0562 e. The largest absolute Gasteiger partial charge is 0.309 e. The van der Waals surface area contributed by atoms with Crippen molar-refractivity contribution in [2.45, 2.75) is 0 Å². The van der Waals surface area contributed by atoms with Gasteiger partial charge in [0, 0.05) is 38.3 Å². The van der Waals surface area contributed by atoms with Gasteiger partial charge in [0.05, 0.1) is 39.1 Å². The van der Waals surface area contributed by atoms with Crippen molar-refractivity contribution in [3.8, 4) is 11.4 Å². The summed E-state index contributed by atoms with van der Waals surface area (Å²) in [5.74, 6) is 0. The first-order chi connectivity index (χ1) is 33.3. The van der Waals surface area contributed by atoms with Crippen LogP contribution in [0.1, 0.15) is 0 Å². The molecule has 0 fully saturated rings. The smallest absolute Gasteiger partial charge is 0.0562 e. The minimum absolute atomic E-state index is 1.11. The molecule has 15 rings (SSSR count). The standard InChI is InChI=1S/C64H39N3/c1-2-17-43(18-3-1)65-54-25-10-8-23-50(54)63-57(65)27-13-29-59(63)67-55-26-11-9-24-51(55)64-58(28-14-30-60(64)67)66(56-38-34-42-32-31-40-15-12-16-41-33-36-52(56)62(42)61(40)41)44-35-37-49-47-21-5-4-19-45(47)46-20-6-7-22-48(46)53(49)39-44/h1-39H. The third-order valence-corrected chi connectivity index (χ3v) is 14.6. The number of hydrogen-bond donors (Lipinski definition) is 0. The highest BCUT2D eigenvalue weighted by atomic mass is 15.2. The topological polar surface area (TPSA) is 13.1 Å². The number of fused-ring (bicyclic) bond motifs is 12. The summed E-state index contributed by atoms with van der Waals surface area (Å²) in [7, 11) is 0. The Hall–Kier alpha value is -8.92. The zero-order valence-corrected chi connectivity index (χ0v) is 36.4. The van der Waals surface area contributed by atoms with E-state index in [1.54, 1.807) is 0 Å². The Balaban J connectivity index is 1.07. The van der Waals surface area contributed by atoms with Gasteiger partial charge in [-0.05, 0) is 126 Å². The van der Waals surface area contributed by atoms with E-state index >= 15 is 0 Å². The molecule has 0 N–H and O–H groups in total. The Morgan fingerprint density at radius 1 is 0.254 bits per heavy atom. The average molecular weight is 850 g/mol. The molecule has 0 bridgehead atoms. The lowest BCUT2D eigenvalue weighted by molar-refractivity contribution is 1.17. The number of para-hydroxylation sites is 3. The summed E-state index contributed by atoms with van der Waals surface area (Å²) in [6.07, 6.45) is 0. The van der Waals surface area contributed by atoms with Gasteiger partial charge in [0.2, 0.25) is 0 Å². The highest BCUT2D eigenvalue weighted by Crippen LogP contribution is 2.50. The van der Waals surface area contributed by atoms with E-state index in [1.165, 1.54) is 103 Å². The van der Waals surface area contributed by atoms with Crippen molar-refractivity contribution in [2.75, 3.05) is 4.90 Å². The fourth-order valence-electron chi connectivity index (χ4n) is 11.8. The monoisotopic (exact) mass is 849 g/mol. The van der Waals surface area contributed by atoms with E-state index in [9.17, 15) is 0 Å². The van der Waals surface area contributed by atoms with E-state index in [1.807, 2.05) is 0 Å². The van der Waals surface area contributed by atoms with Crippen LogP contribution in [0, 0.1) is 0 Å². The van der Waals surface area contributed by atoms with Crippen LogP contribution >= 0.6 is 0 Å². The minimum atomic E-state index is 1.11. The minimum Gasteiger partial charge on any atom is -0.309 e. The summed E-state index contributed by atoms with van der Waals surface area (Å²) >= 11 is 0. The van der Waals surface area contributed by atoms with Gasteiger partial charge < -0.3 is 14.0 Å². The van der Waals surface area contributed by atoms with E-state index in [0.29, 0.717) is 0 Å². The number of hydrogen-bond acceptors (Lipinski definition) is 1. The van der Waals surface area contributed by atoms with E-state index in [4.69, 9.17) is 0 Å². The molecule has 2 heterocycles. The highest BCUT2D eigenvalue weighted by molar-refractivity contribution is 6.29. The zero-order valence-electron chi connectivity index (χ0n) is 36.4. The van der Waals surface area contributed by atoms with Crippen molar-refractivity contribution in [1.29, 1.82) is 0 Å². The first kappa shape index (κ1) is 36.4. The van der Waals surface area contributed by atoms with Crippen LogP contribution < -0.4 is 4.90 Å². The van der Waals surface area contributed by atoms with Gasteiger partial charge in [0.15, 0.2) is 0 Å². The second-order valence-corrected chi connectivity index (χ2v) is 18.0. The van der Waals surface area contributed by atoms with Gasteiger partial charge in [-0.2, -0.15) is 0 Å². The van der Waals surface area contributed by atoms with Gasteiger partial charge in [0.1, 0.15) is 0 Å². The van der Waals surface area contributed by atoms with Crippen LogP contribution in [0.4, 0.5) is 17.1 Å². The molecule has 3 nitrogen and oxygen atoms in total. The molecule has 13 aromatic carbocycles. The van der Waals surface area contributed by atoms with E-state index in [-0.39, 0.29) is 0 Å². The van der Waals surface area contributed by atoms with Crippen molar-refractivity contribution < 1.29 is 0 Å². The second-order valence-electron chi connectivity index (χ2n) is 18.0. The molecule has 15 aromatic rings. The maximum absolute atomic E-state index is 2.55. The lowest BCUT2D eigenvalue weighted by Gasteiger charge is -2.29. The summed E-state index contributed by atoms with van der Waals surface area (Å²) in [6, 6.07) is 87.8. The second kappa shape index (κ2) is 13.8. The predicted molar refractivity (Wildman–Crippen MR) is 286 cm³/mol. The molecule has 0 saturated heterocycles. The summed E-state index contributed by atoms with van der Waals surface area (Å²) in [6.45, 7) is 0. The number of aromatic nitrogens is 2. The van der Waals surface area contributed by atoms with Crippen LogP contribution in [0.25, 0.3) is 120 Å². The molecule has 0 saturated carbocycles. The zero-order chi connectivity index (χ0) is 43.7. The normalized spacial score (nSPS) is 12.2. The third-order valence-electron chi connectivity index (χ3n) is 14.6. The number of rotatable bonds is 5. The number of nitrogens with zero attached hydrogens (tertiary/aromatic N) is 3. The van der Waals surface area contributed by atoms with Gasteiger partial charge in [-0.25, -0.2) is 0 Å². The fourth-order valence-corrected chi connectivity index (χ4v) is 11.8. The van der Waals surface area contributed by atoms with Crippen molar-refractivity contribution >= 4 is 125 Å². The molecule has 0 unspecified atom stereocenters. The summed E-state index contributed by atoms with van der Waals surface area (Å²) < 4.78 is 4.93. The molecule has 0 amide bonds. The maximum atomic E-state index is 2.55. The SMILES string of the molecule is c1ccc(-n2c3ccccc3c3c(-n4c5ccccc5c5c(N(c6ccc7c8ccccc8c8ccccc8c7c6)c6ccc7ccc8cccc9ccc6c7c89)cccc54)cccc32)cc1. The Labute approximate surface area is 385 Å². The summed E-state index contributed by atoms with van der Waals surface area (Å²) in [5.41, 5.74) is 10.4. The van der Waals surface area contributed by atoms with Gasteiger partial charge in [0.25, 0.3) is 0 Å².